The number of aromatic nitrogens is 2. The minimum Gasteiger partial charge on any atom is -0.310 e. The Hall–Kier alpha value is -13.2. The van der Waals surface area contributed by atoms with E-state index in [1.165, 1.54) is 127 Å². The van der Waals surface area contributed by atoms with Gasteiger partial charge in [-0.25, -0.2) is 0 Å². The van der Waals surface area contributed by atoms with Crippen molar-refractivity contribution in [3.63, 3.8) is 0 Å². The van der Waals surface area contributed by atoms with Crippen LogP contribution in [0.5, 0.6) is 0 Å². The zero-order valence-corrected chi connectivity index (χ0v) is 72.7. The van der Waals surface area contributed by atoms with Gasteiger partial charge < -0.3 is 18.9 Å². The monoisotopic (exact) mass is 1570 g/mol. The summed E-state index contributed by atoms with van der Waals surface area (Å²) in [6, 6.07) is 133. The van der Waals surface area contributed by atoms with Crippen LogP contribution >= 0.6 is 0 Å². The van der Waals surface area contributed by atoms with Crippen LogP contribution in [0.25, 0.3) is 122 Å². The van der Waals surface area contributed by atoms with Crippen molar-refractivity contribution in [3.05, 3.63) is 390 Å². The van der Waals surface area contributed by atoms with Gasteiger partial charge in [0.2, 0.25) is 0 Å². The van der Waals surface area contributed by atoms with Crippen molar-refractivity contribution in [1.82, 2.24) is 9.13 Å². The van der Waals surface area contributed by atoms with Crippen LogP contribution in [0.1, 0.15) is 154 Å². The summed E-state index contributed by atoms with van der Waals surface area (Å²) >= 11 is 0. The van der Waals surface area contributed by atoms with E-state index in [0.29, 0.717) is 0 Å². The molecule has 0 saturated carbocycles. The van der Waals surface area contributed by atoms with Crippen molar-refractivity contribution >= 4 is 101 Å². The Bertz CT molecular complexity index is 7100. The summed E-state index contributed by atoms with van der Waals surface area (Å²) in [4.78, 5) is 5.52. The molecule has 0 bridgehead atoms. The van der Waals surface area contributed by atoms with E-state index in [1.807, 2.05) is 0 Å². The fourth-order valence-corrected chi connectivity index (χ4v) is 21.4. The molecular weight excluding hydrogens is 1470 g/mol. The number of benzene rings is 16. The molecule has 2 aliphatic heterocycles. The second-order valence-electron chi connectivity index (χ2n) is 40.0. The molecule has 0 amide bonds. The first-order valence-electron chi connectivity index (χ1n) is 43.8. The van der Waals surface area contributed by atoms with E-state index >= 15 is 0 Å². The summed E-state index contributed by atoms with van der Waals surface area (Å²) in [5.41, 5.74) is 42.3. The molecule has 5 heteroatoms. The molecule has 0 unspecified atom stereocenters. The first-order chi connectivity index (χ1) is 58.7. The Kier molecular flexibility index (Phi) is 16.5. The van der Waals surface area contributed by atoms with Crippen molar-refractivity contribution in [2.24, 2.45) is 0 Å². The van der Waals surface area contributed by atoms with E-state index < -0.39 is 5.41 Å². The van der Waals surface area contributed by atoms with Crippen LogP contribution in [-0.2, 0) is 32.5 Å². The van der Waals surface area contributed by atoms with Crippen LogP contribution in [-0.4, -0.2) is 15.8 Å². The van der Waals surface area contributed by atoms with Gasteiger partial charge in [-0.3, -0.25) is 0 Å². The number of hydrogen-bond acceptors (Lipinski definition) is 2. The van der Waals surface area contributed by atoms with Crippen molar-refractivity contribution < 1.29 is 0 Å². The lowest BCUT2D eigenvalue weighted by Crippen LogP contribution is -2.61. The molecule has 2 aliphatic carbocycles. The van der Waals surface area contributed by atoms with Crippen molar-refractivity contribution in [3.8, 4) is 78.1 Å². The molecule has 2 aromatic heterocycles. The first-order valence-corrected chi connectivity index (χ1v) is 43.8. The Morgan fingerprint density at radius 1 is 0.238 bits per heavy atom. The van der Waals surface area contributed by atoms with Crippen LogP contribution in [0, 0.1) is 0 Å². The standard InChI is InChI=1S/C117H101BN4/c1-112(2,3)76-54-46-72(47-55-76)83-36-28-37-84(73-48-56-77(57-49-73)113(4,5)6)110(83)121-103-70-81(119-99-43-25-19-33-90(99)91-34-20-26-44-100(91)119)62-65-97(103)118-98-66-63-82(120-101-45-27-21-35-93(101)107-102(120)67-64-92-89-32-18-24-42-96(89)117(108(92)107)94-40-22-16-30-87(94)88-31-17-23-41-95(88)117)71-104(98)122(106-69-80(116(13,14)15)68-105(121)109(106)118)111-85(74-50-58-78(59-51-74)114(7,8)9)38-29-39-86(111)75-52-60-79(61-53-75)115(10,11)12/h16-71H,1-15H3. The number of para-hydroxylation sites is 5. The van der Waals surface area contributed by atoms with Crippen LogP contribution in [0.3, 0.4) is 0 Å². The maximum Gasteiger partial charge on any atom is 0.252 e. The van der Waals surface area contributed by atoms with Crippen molar-refractivity contribution in [2.45, 2.75) is 136 Å². The molecule has 16 aromatic carbocycles. The van der Waals surface area contributed by atoms with Gasteiger partial charge in [-0.1, -0.05) is 383 Å². The predicted molar refractivity (Wildman–Crippen MR) is 521 cm³/mol. The third-order valence-electron chi connectivity index (χ3n) is 27.6. The minimum atomic E-state index is -0.582. The Labute approximate surface area is 719 Å². The molecule has 122 heavy (non-hydrogen) atoms. The van der Waals surface area contributed by atoms with Crippen LogP contribution < -0.4 is 26.2 Å². The van der Waals surface area contributed by atoms with Gasteiger partial charge in [0.05, 0.1) is 38.9 Å². The molecule has 0 fully saturated rings. The highest BCUT2D eigenvalue weighted by Gasteiger charge is 2.54. The zero-order valence-electron chi connectivity index (χ0n) is 72.7. The highest BCUT2D eigenvalue weighted by atomic mass is 15.2. The lowest BCUT2D eigenvalue weighted by Gasteiger charge is -2.46. The number of hydrogen-bond donors (Lipinski definition) is 0. The SMILES string of the molecule is CC(C)(C)c1ccc(-c2cccc(-c3ccc(C(C)(C)C)cc3)c2N2c3cc(-n4c5ccccc5c5ccccc54)ccc3B3c4ccc(-n5c6ccccc6c6c7c(ccc65)-c5ccccc5C75c6ccccc6-c6ccccc65)cc4N(c4c(-c5ccc(C(C)(C)C)cc5)cccc4-c4ccc(C(C)(C)C)cc4)c4cc(C(C)(C)C)cc2c43)cc1. The second-order valence-corrected chi connectivity index (χ2v) is 40.0. The van der Waals surface area contributed by atoms with E-state index in [9.17, 15) is 0 Å². The molecule has 0 radical (unpaired) electrons. The van der Waals surface area contributed by atoms with E-state index in [0.717, 1.165) is 95.5 Å². The number of rotatable bonds is 8. The summed E-state index contributed by atoms with van der Waals surface area (Å²) in [6.45, 7) is 34.9. The Morgan fingerprint density at radius 2 is 0.549 bits per heavy atom. The van der Waals surface area contributed by atoms with Crippen LogP contribution in [0.15, 0.2) is 340 Å². The smallest absolute Gasteiger partial charge is 0.252 e. The molecule has 1 spiro atoms. The molecule has 4 aliphatic rings. The Morgan fingerprint density at radius 3 is 0.918 bits per heavy atom. The average Bonchev–Trinajstić information content (AvgIpc) is 1.47. The van der Waals surface area contributed by atoms with E-state index in [2.05, 4.69) is 463 Å². The van der Waals surface area contributed by atoms with Gasteiger partial charge in [0, 0.05) is 77.9 Å². The van der Waals surface area contributed by atoms with E-state index in [-0.39, 0.29) is 33.8 Å². The predicted octanol–water partition coefficient (Wildman–Crippen LogP) is 29.5. The maximum absolute atomic E-state index is 2.77. The zero-order chi connectivity index (χ0) is 83.6. The molecule has 0 atom stereocenters. The van der Waals surface area contributed by atoms with Gasteiger partial charge >= 0.3 is 0 Å². The van der Waals surface area contributed by atoms with E-state index in [1.54, 1.807) is 0 Å². The molecule has 0 N–H and O–H groups in total. The molecule has 4 nitrogen and oxygen atoms in total. The minimum absolute atomic E-state index is 0.0576. The first kappa shape index (κ1) is 75.0. The van der Waals surface area contributed by atoms with Gasteiger partial charge in [-0.05, 0) is 199 Å². The second kappa shape index (κ2) is 26.9. The van der Waals surface area contributed by atoms with Crippen LogP contribution in [0.2, 0.25) is 0 Å². The maximum atomic E-state index is 2.77. The number of nitrogens with zero attached hydrogens (tertiary/aromatic N) is 4. The van der Waals surface area contributed by atoms with Gasteiger partial charge in [-0.2, -0.15) is 0 Å². The molecular formula is C117H101BN4. The molecule has 22 rings (SSSR count). The summed E-state index contributed by atoms with van der Waals surface area (Å²) in [5.74, 6) is 0. The van der Waals surface area contributed by atoms with E-state index in [4.69, 9.17) is 0 Å². The van der Waals surface area contributed by atoms with Crippen LogP contribution in [0.4, 0.5) is 34.1 Å². The highest BCUT2D eigenvalue weighted by molar-refractivity contribution is 7.00. The number of fused-ring (bicyclic) bond motifs is 21. The quantitative estimate of drug-likeness (QED) is 0.141. The third kappa shape index (κ3) is 11.3. The third-order valence-corrected chi connectivity index (χ3v) is 27.6. The fraction of sp³-hybridized carbons (Fsp3) is 0.179. The average molecular weight is 1570 g/mol. The molecule has 18 aromatic rings. The normalized spacial score (nSPS) is 13.9. The fourth-order valence-electron chi connectivity index (χ4n) is 21.4. The van der Waals surface area contributed by atoms with Gasteiger partial charge in [-0.15, -0.1) is 0 Å². The largest absolute Gasteiger partial charge is 0.310 e. The van der Waals surface area contributed by atoms with Gasteiger partial charge in [0.15, 0.2) is 0 Å². The summed E-state index contributed by atoms with van der Waals surface area (Å²) < 4.78 is 5.14. The summed E-state index contributed by atoms with van der Waals surface area (Å²) in [6.07, 6.45) is 0. The van der Waals surface area contributed by atoms with Crippen molar-refractivity contribution in [2.75, 3.05) is 9.80 Å². The molecule has 4 heterocycles. The lowest BCUT2D eigenvalue weighted by molar-refractivity contribution is 0.590. The summed E-state index contributed by atoms with van der Waals surface area (Å²) in [5, 5.41) is 4.96. The van der Waals surface area contributed by atoms with Gasteiger partial charge in [0.1, 0.15) is 0 Å². The van der Waals surface area contributed by atoms with Gasteiger partial charge in [0.25, 0.3) is 6.71 Å². The topological polar surface area (TPSA) is 16.3 Å². The number of anilines is 6. The Balaban J connectivity index is 0.889. The highest BCUT2D eigenvalue weighted by Crippen LogP contribution is 2.65. The molecule has 0 saturated heterocycles. The molecule has 592 valence electrons. The van der Waals surface area contributed by atoms with Crippen molar-refractivity contribution in [1.29, 1.82) is 0 Å². The lowest BCUT2D eigenvalue weighted by atomic mass is 9.33. The summed E-state index contributed by atoms with van der Waals surface area (Å²) in [7, 11) is 0.